The average molecular weight is 529 g/mol. The van der Waals surface area contributed by atoms with Gasteiger partial charge in [0, 0.05) is 17.1 Å². The minimum absolute atomic E-state index is 0. The third-order valence-electron chi connectivity index (χ3n) is 2.76. The first-order chi connectivity index (χ1) is 13.4. The Labute approximate surface area is 203 Å². The summed E-state index contributed by atoms with van der Waals surface area (Å²) in [4.78, 5) is 0. The molecule has 168 valence electrons. The molecule has 3 rings (SSSR count). The normalized spacial score (nSPS) is 16.1. The molecule has 0 N–H and O–H groups in total. The van der Waals surface area contributed by atoms with Gasteiger partial charge in [-0.2, -0.15) is 0 Å². The van der Waals surface area contributed by atoms with E-state index in [1.807, 2.05) is 64.2 Å². The summed E-state index contributed by atoms with van der Waals surface area (Å²) < 4.78 is 61.5. The Morgan fingerprint density at radius 2 is 0.767 bits per heavy atom. The topological polar surface area (TPSA) is 59.7 Å². The molecule has 0 aromatic heterocycles. The van der Waals surface area contributed by atoms with E-state index in [0.717, 1.165) is 5.66 Å². The fourth-order valence-electron chi connectivity index (χ4n) is 1.78. The number of hydrogen-bond donors (Lipinski definition) is 0. The van der Waals surface area contributed by atoms with Gasteiger partial charge in [0.15, 0.2) is 0 Å². The third kappa shape index (κ3) is 63.0. The standard InChI is InChI=1S/C6H13P.2C5H5.3CO.BF4.2Fe/c7-6-4-2-1-3-5-6;2*1-2-4-5-3-1;3*1-2;2-1(3,4)5;;/h6H,1-5,7H2;2*1-5H;;;;;;/q;;;;;;-1;;+2. The van der Waals surface area contributed by atoms with E-state index in [-0.39, 0.29) is 34.1 Å². The predicted octanol–water partition coefficient (Wildman–Crippen LogP) is 5.42. The van der Waals surface area contributed by atoms with E-state index < -0.39 is 7.25 Å². The minimum Gasteiger partial charge on any atom is -0.0312 e. The van der Waals surface area contributed by atoms with E-state index in [1.165, 1.54) is 32.1 Å². The zero-order valence-electron chi connectivity index (χ0n) is 16.0. The van der Waals surface area contributed by atoms with Crippen molar-refractivity contribution in [3.63, 3.8) is 0 Å². The smallest absolute Gasteiger partial charge is 0.0312 e. The molecule has 0 heterocycles. The van der Waals surface area contributed by atoms with Gasteiger partial charge in [0.05, 0.1) is 0 Å². The van der Waals surface area contributed by atoms with Crippen molar-refractivity contribution >= 4 is 16.5 Å². The molecule has 11 heteroatoms. The second-order valence-electron chi connectivity index (χ2n) is 4.82. The molecule has 3 aliphatic rings. The van der Waals surface area contributed by atoms with Crippen molar-refractivity contribution < 1.29 is 65.4 Å². The summed E-state index contributed by atoms with van der Waals surface area (Å²) in [6.07, 6.45) is 27.3. The molecule has 1 unspecified atom stereocenters. The molecular formula is C19H23BF4Fe2O3P+. The zero-order chi connectivity index (χ0) is 22.7. The van der Waals surface area contributed by atoms with Crippen molar-refractivity contribution in [3.05, 3.63) is 84.2 Å². The summed E-state index contributed by atoms with van der Waals surface area (Å²) in [6, 6.07) is 0. The second-order valence-corrected chi connectivity index (χ2v) is 5.76. The van der Waals surface area contributed by atoms with Crippen molar-refractivity contribution in [1.82, 2.24) is 0 Å². The van der Waals surface area contributed by atoms with Crippen LogP contribution in [0.3, 0.4) is 0 Å². The first-order valence-corrected chi connectivity index (χ1v) is 8.64. The molecule has 0 saturated heterocycles. The van der Waals surface area contributed by atoms with Crippen LogP contribution in [-0.2, 0) is 48.1 Å². The molecule has 0 aliphatic heterocycles. The van der Waals surface area contributed by atoms with E-state index in [9.17, 15) is 17.3 Å². The Hall–Kier alpha value is 0.474. The molecule has 10 radical (unpaired) electrons. The van der Waals surface area contributed by atoms with Crippen LogP contribution in [0.5, 0.6) is 0 Å². The van der Waals surface area contributed by atoms with Crippen LogP contribution in [0.25, 0.3) is 0 Å². The fraction of sp³-hybridized carbons (Fsp3) is 0.316. The van der Waals surface area contributed by atoms with Crippen LogP contribution in [0.4, 0.5) is 17.3 Å². The van der Waals surface area contributed by atoms with E-state index in [1.54, 1.807) is 0 Å². The van der Waals surface area contributed by atoms with Crippen LogP contribution in [0.1, 0.15) is 32.1 Å². The summed E-state index contributed by atoms with van der Waals surface area (Å²) in [5.41, 5.74) is 0.953. The van der Waals surface area contributed by atoms with Crippen molar-refractivity contribution in [1.29, 1.82) is 0 Å². The number of rotatable bonds is 0. The monoisotopic (exact) mass is 529 g/mol. The zero-order valence-corrected chi connectivity index (χ0v) is 19.3. The largest absolute Gasteiger partial charge is 2.00 e. The van der Waals surface area contributed by atoms with Crippen molar-refractivity contribution in [2.75, 3.05) is 0 Å². The van der Waals surface area contributed by atoms with Crippen molar-refractivity contribution in [2.45, 2.75) is 37.8 Å². The number of halogens is 4. The summed E-state index contributed by atoms with van der Waals surface area (Å²) in [5, 5.41) is 0. The van der Waals surface area contributed by atoms with Gasteiger partial charge in [0.1, 0.15) is 0 Å². The van der Waals surface area contributed by atoms with Crippen LogP contribution in [-0.4, -0.2) is 12.9 Å². The summed E-state index contributed by atoms with van der Waals surface area (Å²) >= 11 is 0. The first kappa shape index (κ1) is 44.2. The van der Waals surface area contributed by atoms with Gasteiger partial charge in [-0.1, -0.05) is 19.3 Å². The molecule has 0 amide bonds. The van der Waals surface area contributed by atoms with Gasteiger partial charge in [0.25, 0.3) is 0 Å². The van der Waals surface area contributed by atoms with Crippen LogP contribution < -0.4 is 0 Å². The first-order valence-electron chi connectivity index (χ1n) is 7.97. The Morgan fingerprint density at radius 1 is 0.600 bits per heavy atom. The van der Waals surface area contributed by atoms with Gasteiger partial charge in [-0.25, -0.2) is 0 Å². The molecule has 1 atom stereocenters. The van der Waals surface area contributed by atoms with Crippen molar-refractivity contribution in [2.24, 2.45) is 0 Å². The quantitative estimate of drug-likeness (QED) is 0.133. The van der Waals surface area contributed by atoms with Gasteiger partial charge in [-0.05, 0) is 82.7 Å². The Bertz CT molecular complexity index is 301. The minimum atomic E-state index is -6.00. The van der Waals surface area contributed by atoms with Crippen molar-refractivity contribution in [3.8, 4) is 0 Å². The molecule has 0 spiro atoms. The van der Waals surface area contributed by atoms with Crippen LogP contribution >= 0.6 is 9.24 Å². The van der Waals surface area contributed by atoms with E-state index in [4.69, 9.17) is 14.0 Å². The van der Waals surface area contributed by atoms with Crippen LogP contribution in [0, 0.1) is 84.2 Å². The average Bonchev–Trinajstić information content (AvgIpc) is 3.45. The maximum atomic E-state index is 9.75. The molecule has 3 fully saturated rings. The molecular weight excluding hydrogens is 506 g/mol. The maximum absolute atomic E-state index is 9.75. The van der Waals surface area contributed by atoms with Gasteiger partial charge < -0.3 is 17.3 Å². The summed E-state index contributed by atoms with van der Waals surface area (Å²) in [5.74, 6) is 0. The van der Waals surface area contributed by atoms with Gasteiger partial charge in [-0.15, -0.1) is 9.24 Å². The third-order valence-corrected chi connectivity index (χ3v) is 3.43. The summed E-state index contributed by atoms with van der Waals surface area (Å²) in [7, 11) is -3.09. The van der Waals surface area contributed by atoms with E-state index in [2.05, 4.69) is 29.2 Å². The molecule has 3 nitrogen and oxygen atoms in total. The van der Waals surface area contributed by atoms with Gasteiger partial charge >= 0.3 is 58.2 Å². The molecule has 0 aromatic rings. The Kier molecular flexibility index (Phi) is 58.8. The molecule has 0 aromatic carbocycles. The molecule has 30 heavy (non-hydrogen) atoms. The molecule has 3 aliphatic carbocycles. The molecule has 0 bridgehead atoms. The predicted molar refractivity (Wildman–Crippen MR) is 102 cm³/mol. The number of hydrogen-bond acceptors (Lipinski definition) is 0. The van der Waals surface area contributed by atoms with E-state index >= 15 is 0 Å². The maximum Gasteiger partial charge on any atom is 2.00 e. The summed E-state index contributed by atoms with van der Waals surface area (Å²) in [6.45, 7) is 13.5. The fourth-order valence-corrected chi connectivity index (χ4v) is 2.25. The Morgan fingerprint density at radius 3 is 0.867 bits per heavy atom. The Balaban J connectivity index is -0.0000000583. The second kappa shape index (κ2) is 39.9. The van der Waals surface area contributed by atoms with E-state index in [0.29, 0.717) is 0 Å². The van der Waals surface area contributed by atoms with Gasteiger partial charge in [-0.3, -0.25) is 0 Å². The van der Waals surface area contributed by atoms with Crippen LogP contribution in [0.2, 0.25) is 0 Å². The van der Waals surface area contributed by atoms with Gasteiger partial charge in [0.2, 0.25) is 0 Å². The molecule has 3 saturated carbocycles. The SMILES string of the molecule is F[B-](F)(F)F.PC1CCCCC1.[C-]#[O+].[C-]#[O+].[C-]#[O+].[CH]1[CH][CH][CH][CH]1.[CH]1[CH][CH][CH][CH]1.[Fe+2].[Fe]. The van der Waals surface area contributed by atoms with Crippen LogP contribution in [0.15, 0.2) is 0 Å².